The molecule has 2 aliphatic rings. The van der Waals surface area contributed by atoms with Crippen molar-refractivity contribution >= 4 is 15.9 Å². The largest absolute Gasteiger partial charge is 0.337 e. The van der Waals surface area contributed by atoms with Crippen molar-refractivity contribution in [2.24, 2.45) is 0 Å². The lowest BCUT2D eigenvalue weighted by molar-refractivity contribution is -0.130. The van der Waals surface area contributed by atoms with Crippen molar-refractivity contribution < 1.29 is 13.2 Å². The third-order valence-corrected chi connectivity index (χ3v) is 5.92. The summed E-state index contributed by atoms with van der Waals surface area (Å²) < 4.78 is 26.7. The minimum atomic E-state index is -3.61. The third-order valence-electron chi connectivity index (χ3n) is 4.06. The van der Waals surface area contributed by atoms with Crippen LogP contribution in [-0.4, -0.2) is 49.2 Å². The highest BCUT2D eigenvalue weighted by molar-refractivity contribution is 7.89. The molecule has 0 radical (unpaired) electrons. The maximum Gasteiger partial charge on any atom is 0.243 e. The normalized spacial score (nSPS) is 22.9. The summed E-state index contributed by atoms with van der Waals surface area (Å²) in [5, 5.41) is 8.89. The molecule has 110 valence electrons. The van der Waals surface area contributed by atoms with Crippen LogP contribution < -0.4 is 0 Å². The van der Waals surface area contributed by atoms with Gasteiger partial charge < -0.3 is 4.90 Å². The molecule has 0 N–H and O–H groups in total. The summed E-state index contributed by atoms with van der Waals surface area (Å²) >= 11 is 0. The Labute approximate surface area is 123 Å². The minimum Gasteiger partial charge on any atom is -0.337 e. The lowest BCUT2D eigenvalue weighted by Gasteiger charge is -2.36. The van der Waals surface area contributed by atoms with Gasteiger partial charge in [0.2, 0.25) is 15.9 Å². The van der Waals surface area contributed by atoms with Gasteiger partial charge in [-0.2, -0.15) is 9.57 Å². The fourth-order valence-corrected chi connectivity index (χ4v) is 4.44. The topological polar surface area (TPSA) is 81.5 Å². The number of fused-ring (bicyclic) bond motifs is 1. The molecule has 1 aromatic carbocycles. The van der Waals surface area contributed by atoms with Crippen LogP contribution >= 0.6 is 0 Å². The van der Waals surface area contributed by atoms with E-state index in [0.717, 1.165) is 0 Å². The molecule has 1 atom stereocenters. The number of nitriles is 1. The molecule has 0 bridgehead atoms. The van der Waals surface area contributed by atoms with E-state index in [-0.39, 0.29) is 16.8 Å². The monoisotopic (exact) mass is 305 g/mol. The molecule has 6 nitrogen and oxygen atoms in total. The predicted molar refractivity (Wildman–Crippen MR) is 74.7 cm³/mol. The van der Waals surface area contributed by atoms with Crippen LogP contribution in [0.2, 0.25) is 0 Å². The van der Waals surface area contributed by atoms with Crippen molar-refractivity contribution in [1.82, 2.24) is 9.21 Å². The van der Waals surface area contributed by atoms with Gasteiger partial charge in [-0.25, -0.2) is 8.42 Å². The average molecular weight is 305 g/mol. The molecule has 3 rings (SSSR count). The number of hydrogen-bond donors (Lipinski definition) is 0. The molecule has 0 saturated carbocycles. The highest BCUT2D eigenvalue weighted by Crippen LogP contribution is 2.26. The standard InChI is InChI=1S/C14H15N3O3S/c15-9-11-2-1-3-13(8-11)21(19,20)16-6-7-17-12(10-16)4-5-14(17)18/h1-3,8,12H,4-7,10H2/t12-/m1/s1. The number of piperazine rings is 1. The van der Waals surface area contributed by atoms with Crippen LogP contribution in [0.15, 0.2) is 29.2 Å². The second kappa shape index (κ2) is 5.13. The Hall–Kier alpha value is -1.91. The first-order chi connectivity index (χ1) is 10.0. The number of hydrogen-bond acceptors (Lipinski definition) is 4. The maximum atomic E-state index is 12.6. The predicted octanol–water partition coefficient (Wildman–Crippen LogP) is 0.554. The number of carbonyl (C=O) groups is 1. The van der Waals surface area contributed by atoms with Crippen LogP contribution in [0.25, 0.3) is 0 Å². The zero-order chi connectivity index (χ0) is 15.0. The quantitative estimate of drug-likeness (QED) is 0.799. The molecule has 1 aromatic rings. The second-order valence-corrected chi connectivity index (χ2v) is 7.22. The van der Waals surface area contributed by atoms with Gasteiger partial charge in [0.25, 0.3) is 0 Å². The van der Waals surface area contributed by atoms with Gasteiger partial charge >= 0.3 is 0 Å². The van der Waals surface area contributed by atoms with Crippen molar-refractivity contribution in [2.75, 3.05) is 19.6 Å². The molecule has 0 unspecified atom stereocenters. The van der Waals surface area contributed by atoms with E-state index in [1.165, 1.54) is 16.4 Å². The van der Waals surface area contributed by atoms with Crippen molar-refractivity contribution in [2.45, 2.75) is 23.8 Å². The van der Waals surface area contributed by atoms with Crippen LogP contribution in [0.5, 0.6) is 0 Å². The summed E-state index contributed by atoms with van der Waals surface area (Å²) in [4.78, 5) is 13.6. The van der Waals surface area contributed by atoms with E-state index in [1.54, 1.807) is 17.0 Å². The summed E-state index contributed by atoms with van der Waals surface area (Å²) in [6.45, 7) is 1.09. The Kier molecular flexibility index (Phi) is 3.43. The van der Waals surface area contributed by atoms with E-state index in [0.29, 0.717) is 38.0 Å². The highest BCUT2D eigenvalue weighted by Gasteiger charge is 2.39. The first-order valence-electron chi connectivity index (χ1n) is 6.82. The molecule has 2 aliphatic heterocycles. The third kappa shape index (κ3) is 2.41. The number of rotatable bonds is 2. The zero-order valence-corrected chi connectivity index (χ0v) is 12.2. The van der Waals surface area contributed by atoms with Crippen molar-refractivity contribution in [3.63, 3.8) is 0 Å². The van der Waals surface area contributed by atoms with Gasteiger partial charge in [-0.15, -0.1) is 0 Å². The lowest BCUT2D eigenvalue weighted by Crippen LogP contribution is -2.53. The van der Waals surface area contributed by atoms with Gasteiger partial charge in [-0.05, 0) is 24.6 Å². The van der Waals surface area contributed by atoms with E-state index < -0.39 is 10.0 Å². The number of carbonyl (C=O) groups excluding carboxylic acids is 1. The van der Waals surface area contributed by atoms with Gasteiger partial charge in [-0.1, -0.05) is 6.07 Å². The van der Waals surface area contributed by atoms with E-state index in [9.17, 15) is 13.2 Å². The number of nitrogens with zero attached hydrogens (tertiary/aromatic N) is 3. The highest BCUT2D eigenvalue weighted by atomic mass is 32.2. The van der Waals surface area contributed by atoms with Crippen molar-refractivity contribution in [3.8, 4) is 6.07 Å². The maximum absolute atomic E-state index is 12.6. The van der Waals surface area contributed by atoms with Crippen LogP contribution in [0.3, 0.4) is 0 Å². The molecule has 7 heteroatoms. The molecular formula is C14H15N3O3S. The first kappa shape index (κ1) is 14.0. The van der Waals surface area contributed by atoms with Crippen LogP contribution in [-0.2, 0) is 14.8 Å². The molecule has 0 aromatic heterocycles. The summed E-state index contributed by atoms with van der Waals surface area (Å²) in [5.74, 6) is 0.114. The Morgan fingerprint density at radius 1 is 1.29 bits per heavy atom. The molecule has 0 spiro atoms. The Morgan fingerprint density at radius 3 is 2.86 bits per heavy atom. The van der Waals surface area contributed by atoms with E-state index in [4.69, 9.17) is 5.26 Å². The lowest BCUT2D eigenvalue weighted by atomic mass is 10.2. The average Bonchev–Trinajstić information content (AvgIpc) is 2.88. The van der Waals surface area contributed by atoms with E-state index >= 15 is 0 Å². The van der Waals surface area contributed by atoms with Gasteiger partial charge in [0.05, 0.1) is 16.5 Å². The van der Waals surface area contributed by atoms with E-state index in [1.807, 2.05) is 6.07 Å². The smallest absolute Gasteiger partial charge is 0.243 e. The van der Waals surface area contributed by atoms with Crippen LogP contribution in [0, 0.1) is 11.3 Å². The van der Waals surface area contributed by atoms with Crippen LogP contribution in [0.1, 0.15) is 18.4 Å². The molecule has 1 amide bonds. The van der Waals surface area contributed by atoms with Crippen molar-refractivity contribution in [3.05, 3.63) is 29.8 Å². The fraction of sp³-hybridized carbons (Fsp3) is 0.429. The molecule has 2 fully saturated rings. The molecule has 2 saturated heterocycles. The summed E-state index contributed by atoms with van der Waals surface area (Å²) in [6, 6.07) is 7.97. The first-order valence-corrected chi connectivity index (χ1v) is 8.26. The van der Waals surface area contributed by atoms with Gasteiger partial charge in [0.1, 0.15) is 0 Å². The van der Waals surface area contributed by atoms with Gasteiger partial charge in [-0.3, -0.25) is 4.79 Å². The molecule has 2 heterocycles. The Bertz CT molecular complexity index is 723. The molecular weight excluding hydrogens is 290 g/mol. The Balaban J connectivity index is 1.86. The fourth-order valence-electron chi connectivity index (χ4n) is 2.93. The second-order valence-electron chi connectivity index (χ2n) is 5.28. The minimum absolute atomic E-state index is 0.0137. The van der Waals surface area contributed by atoms with Crippen LogP contribution in [0.4, 0.5) is 0 Å². The Morgan fingerprint density at radius 2 is 2.10 bits per heavy atom. The van der Waals surface area contributed by atoms with Gasteiger partial charge in [0, 0.05) is 32.1 Å². The molecule has 0 aliphatic carbocycles. The number of sulfonamides is 1. The van der Waals surface area contributed by atoms with Crippen molar-refractivity contribution in [1.29, 1.82) is 5.26 Å². The molecule has 21 heavy (non-hydrogen) atoms. The number of amides is 1. The SMILES string of the molecule is N#Cc1cccc(S(=O)(=O)N2CCN3C(=O)CC[C@@H]3C2)c1. The van der Waals surface area contributed by atoms with Gasteiger partial charge in [0.15, 0.2) is 0 Å². The number of benzene rings is 1. The zero-order valence-electron chi connectivity index (χ0n) is 11.4. The summed E-state index contributed by atoms with van der Waals surface area (Å²) in [6.07, 6.45) is 1.21. The summed E-state index contributed by atoms with van der Waals surface area (Å²) in [5.41, 5.74) is 0.325. The summed E-state index contributed by atoms with van der Waals surface area (Å²) in [7, 11) is -3.61. The van der Waals surface area contributed by atoms with E-state index in [2.05, 4.69) is 0 Å².